The number of hydrogen-bond donors (Lipinski definition) is 2. The summed E-state index contributed by atoms with van der Waals surface area (Å²) < 4.78 is 4.97. The van der Waals surface area contributed by atoms with Gasteiger partial charge < -0.3 is 15.2 Å². The topological polar surface area (TPSA) is 92.7 Å². The predicted molar refractivity (Wildman–Crippen MR) is 70.9 cm³/mol. The van der Waals surface area contributed by atoms with E-state index in [0.29, 0.717) is 5.56 Å². The van der Waals surface area contributed by atoms with Gasteiger partial charge in [0.15, 0.2) is 6.23 Å². The van der Waals surface area contributed by atoms with Crippen molar-refractivity contribution in [3.05, 3.63) is 35.9 Å². The van der Waals surface area contributed by atoms with Crippen molar-refractivity contribution in [3.63, 3.8) is 0 Å². The third-order valence-electron chi connectivity index (χ3n) is 2.45. The van der Waals surface area contributed by atoms with Gasteiger partial charge in [-0.05, 0) is 12.1 Å². The van der Waals surface area contributed by atoms with Crippen LogP contribution in [0.15, 0.2) is 30.3 Å². The molecule has 1 amide bonds. The molecule has 1 atom stereocenters. The van der Waals surface area contributed by atoms with Crippen molar-refractivity contribution in [2.45, 2.75) is 26.5 Å². The van der Waals surface area contributed by atoms with Crippen LogP contribution in [0.5, 0.6) is 0 Å². The van der Waals surface area contributed by atoms with Crippen LogP contribution in [0.1, 0.15) is 30.6 Å². The number of hydrogen-bond acceptors (Lipinski definition) is 4. The number of carbonyl (C=O) groups is 3. The van der Waals surface area contributed by atoms with E-state index in [0.717, 1.165) is 0 Å². The minimum Gasteiger partial charge on any atom is -0.481 e. The molecule has 20 heavy (non-hydrogen) atoms. The molecule has 0 radical (unpaired) electrons. The Balaban J connectivity index is 0.000000286. The highest BCUT2D eigenvalue weighted by molar-refractivity contribution is 5.90. The van der Waals surface area contributed by atoms with Crippen molar-refractivity contribution in [3.8, 4) is 0 Å². The summed E-state index contributed by atoms with van der Waals surface area (Å²) in [5.41, 5.74) is 0.494. The van der Waals surface area contributed by atoms with Crippen molar-refractivity contribution in [2.75, 3.05) is 0 Å². The highest BCUT2D eigenvalue weighted by Crippen LogP contribution is 2.09. The lowest BCUT2D eigenvalue weighted by Crippen LogP contribution is -2.50. The van der Waals surface area contributed by atoms with E-state index in [9.17, 15) is 14.4 Å². The maximum absolute atomic E-state index is 11.4. The Hall–Kier alpha value is -2.37. The third-order valence-corrected chi connectivity index (χ3v) is 2.45. The average molecular weight is 279 g/mol. The molecule has 1 aromatic rings. The SMILES string of the molecule is CC(C)C(=O)O.O=C1CC(OC(=O)c2ccccc2)N1. The highest BCUT2D eigenvalue weighted by Gasteiger charge is 2.28. The molecule has 1 unspecified atom stereocenters. The average Bonchev–Trinajstić information content (AvgIpc) is 2.38. The molecular weight excluding hydrogens is 262 g/mol. The number of esters is 1. The van der Waals surface area contributed by atoms with Gasteiger partial charge in [-0.2, -0.15) is 0 Å². The van der Waals surface area contributed by atoms with E-state index in [2.05, 4.69) is 5.32 Å². The number of β-lactam (4-membered cyclic amide) rings is 1. The van der Waals surface area contributed by atoms with Gasteiger partial charge in [0.05, 0.1) is 17.9 Å². The second-order valence-electron chi connectivity index (χ2n) is 4.52. The largest absolute Gasteiger partial charge is 0.481 e. The molecular formula is C14H17NO5. The molecule has 6 heteroatoms. The Labute approximate surface area is 116 Å². The Morgan fingerprint density at radius 2 is 1.80 bits per heavy atom. The lowest BCUT2D eigenvalue weighted by Gasteiger charge is -2.26. The normalized spacial score (nSPS) is 16.4. The van der Waals surface area contributed by atoms with E-state index in [1.807, 2.05) is 6.07 Å². The molecule has 0 saturated carbocycles. The molecule has 0 spiro atoms. The molecule has 6 nitrogen and oxygen atoms in total. The van der Waals surface area contributed by atoms with E-state index in [1.54, 1.807) is 38.1 Å². The molecule has 0 aromatic heterocycles. The first-order chi connectivity index (χ1) is 9.40. The van der Waals surface area contributed by atoms with Crippen LogP contribution in [0.2, 0.25) is 0 Å². The summed E-state index contributed by atoms with van der Waals surface area (Å²) in [6.07, 6.45) is -0.186. The number of carboxylic acid groups (broad SMARTS) is 1. The van der Waals surface area contributed by atoms with E-state index < -0.39 is 18.2 Å². The smallest absolute Gasteiger partial charge is 0.340 e. The molecule has 1 aromatic carbocycles. The van der Waals surface area contributed by atoms with Gasteiger partial charge in [0, 0.05) is 0 Å². The maximum atomic E-state index is 11.4. The minimum atomic E-state index is -0.741. The lowest BCUT2D eigenvalue weighted by atomic mass is 10.2. The van der Waals surface area contributed by atoms with Crippen LogP contribution in [0.25, 0.3) is 0 Å². The number of carboxylic acids is 1. The van der Waals surface area contributed by atoms with Gasteiger partial charge in [0.2, 0.25) is 5.91 Å². The van der Waals surface area contributed by atoms with E-state index in [4.69, 9.17) is 9.84 Å². The third kappa shape index (κ3) is 5.09. The Kier molecular flexibility index (Phi) is 5.71. The van der Waals surface area contributed by atoms with Crippen LogP contribution < -0.4 is 5.32 Å². The van der Waals surface area contributed by atoms with Gasteiger partial charge in [-0.15, -0.1) is 0 Å². The minimum absolute atomic E-state index is 0.0872. The van der Waals surface area contributed by atoms with Crippen molar-refractivity contribution < 1.29 is 24.2 Å². The molecule has 0 aliphatic carbocycles. The zero-order valence-corrected chi connectivity index (χ0v) is 11.3. The second kappa shape index (κ2) is 7.28. The standard InChI is InChI=1S/C10H9NO3.C4H8O2/c12-8-6-9(11-8)14-10(13)7-4-2-1-3-5-7;1-3(2)4(5)6/h1-5,9H,6H2,(H,11,12);3H,1-2H3,(H,5,6). The van der Waals surface area contributed by atoms with Gasteiger partial charge in [-0.3, -0.25) is 9.59 Å². The molecule has 1 heterocycles. The van der Waals surface area contributed by atoms with Gasteiger partial charge in [-0.1, -0.05) is 32.0 Å². The lowest BCUT2D eigenvalue weighted by molar-refractivity contribution is -0.140. The fraction of sp³-hybridized carbons (Fsp3) is 0.357. The second-order valence-corrected chi connectivity index (χ2v) is 4.52. The zero-order chi connectivity index (χ0) is 15.1. The van der Waals surface area contributed by atoms with Crippen LogP contribution >= 0.6 is 0 Å². The summed E-state index contributed by atoms with van der Waals surface area (Å²) in [6, 6.07) is 8.68. The summed E-state index contributed by atoms with van der Waals surface area (Å²) in [5, 5.41) is 10.5. The highest BCUT2D eigenvalue weighted by atomic mass is 16.6. The molecule has 1 fully saturated rings. The fourth-order valence-corrected chi connectivity index (χ4v) is 1.17. The first kappa shape index (κ1) is 15.7. The molecule has 108 valence electrons. The number of ether oxygens (including phenoxy) is 1. The van der Waals surface area contributed by atoms with Gasteiger partial charge in [-0.25, -0.2) is 4.79 Å². The number of aliphatic carboxylic acids is 1. The number of benzene rings is 1. The van der Waals surface area contributed by atoms with Crippen molar-refractivity contribution in [1.82, 2.24) is 5.32 Å². The van der Waals surface area contributed by atoms with Crippen LogP contribution in [0, 0.1) is 5.92 Å². The molecule has 1 aliphatic rings. The predicted octanol–water partition coefficient (Wildman–Crippen LogP) is 1.42. The van der Waals surface area contributed by atoms with Crippen LogP contribution in [-0.4, -0.2) is 29.2 Å². The van der Waals surface area contributed by atoms with E-state index in [-0.39, 0.29) is 18.2 Å². The molecule has 1 saturated heterocycles. The monoisotopic (exact) mass is 279 g/mol. The van der Waals surface area contributed by atoms with Gasteiger partial charge >= 0.3 is 11.9 Å². The Bertz CT molecular complexity index is 476. The quantitative estimate of drug-likeness (QED) is 0.644. The fourth-order valence-electron chi connectivity index (χ4n) is 1.17. The van der Waals surface area contributed by atoms with Crippen LogP contribution in [0.3, 0.4) is 0 Å². The first-order valence-electron chi connectivity index (χ1n) is 6.18. The van der Waals surface area contributed by atoms with Gasteiger partial charge in [0.25, 0.3) is 0 Å². The maximum Gasteiger partial charge on any atom is 0.340 e. The Morgan fingerprint density at radius 1 is 1.30 bits per heavy atom. The van der Waals surface area contributed by atoms with Crippen LogP contribution in [0.4, 0.5) is 0 Å². The summed E-state index contributed by atoms with van der Waals surface area (Å²) in [7, 11) is 0. The summed E-state index contributed by atoms with van der Waals surface area (Å²) in [4.78, 5) is 31.6. The molecule has 1 aliphatic heterocycles. The first-order valence-corrected chi connectivity index (χ1v) is 6.18. The Morgan fingerprint density at radius 3 is 2.20 bits per heavy atom. The number of amides is 1. The van der Waals surface area contributed by atoms with Crippen LogP contribution in [-0.2, 0) is 14.3 Å². The molecule has 2 rings (SSSR count). The summed E-state index contributed by atoms with van der Waals surface area (Å²) in [6.45, 7) is 3.28. The van der Waals surface area contributed by atoms with Crippen molar-refractivity contribution in [1.29, 1.82) is 0 Å². The summed E-state index contributed by atoms with van der Waals surface area (Å²) in [5.74, 6) is -1.47. The van der Waals surface area contributed by atoms with E-state index in [1.165, 1.54) is 0 Å². The number of nitrogens with one attached hydrogen (secondary N) is 1. The summed E-state index contributed by atoms with van der Waals surface area (Å²) >= 11 is 0. The van der Waals surface area contributed by atoms with Gasteiger partial charge in [0.1, 0.15) is 0 Å². The van der Waals surface area contributed by atoms with Crippen molar-refractivity contribution in [2.24, 2.45) is 5.92 Å². The molecule has 0 bridgehead atoms. The van der Waals surface area contributed by atoms with Crippen molar-refractivity contribution >= 4 is 17.8 Å². The molecule has 2 N–H and O–H groups in total. The number of rotatable bonds is 3. The number of carbonyl (C=O) groups excluding carboxylic acids is 2. The van der Waals surface area contributed by atoms with E-state index >= 15 is 0 Å². The zero-order valence-electron chi connectivity index (χ0n) is 11.3.